The molecule has 368 valence electrons. The molecule has 7 amide bonds. The van der Waals surface area contributed by atoms with E-state index in [4.69, 9.17) is 9.47 Å². The SMILES string of the molecule is CC[C@@H](C)[C@@H]([C@@H](CC(=O)N1CCC[C@H]1[C@H](OC)[C@@H](C)C(=O)N[C@@H](Cc1ccccc1)C(=O)O)OC)N(C)C(=O)[C@@H](NC(=O)[C@H](C(C)C)N(C)C(=O)CCCCCN1C(=O)C=CC1=O)C(C)C. The van der Waals surface area contributed by atoms with E-state index in [0.29, 0.717) is 45.1 Å². The highest BCUT2D eigenvalue weighted by Gasteiger charge is 2.44. The fourth-order valence-corrected chi connectivity index (χ4v) is 9.26. The topological polar surface area (TPSA) is 212 Å². The highest BCUT2D eigenvalue weighted by molar-refractivity contribution is 6.12. The molecule has 3 rings (SSSR count). The summed E-state index contributed by atoms with van der Waals surface area (Å²) in [6.45, 7) is 13.6. The monoisotopic (exact) mass is 925 g/mol. The van der Waals surface area contributed by atoms with Gasteiger partial charge in [0.15, 0.2) is 0 Å². The molecule has 0 aliphatic carbocycles. The van der Waals surface area contributed by atoms with Gasteiger partial charge in [0, 0.05) is 66.4 Å². The van der Waals surface area contributed by atoms with Crippen molar-refractivity contribution < 1.29 is 52.9 Å². The number of rotatable bonds is 27. The van der Waals surface area contributed by atoms with Gasteiger partial charge in [0.05, 0.1) is 36.6 Å². The maximum Gasteiger partial charge on any atom is 0.326 e. The van der Waals surface area contributed by atoms with Crippen LogP contribution in [0.5, 0.6) is 0 Å². The third-order valence-electron chi connectivity index (χ3n) is 13.3. The molecule has 2 aliphatic rings. The number of aliphatic carboxylic acids is 1. The van der Waals surface area contributed by atoms with Crippen molar-refractivity contribution in [3.63, 3.8) is 0 Å². The number of carboxylic acids is 1. The Morgan fingerprint density at radius 3 is 2.02 bits per heavy atom. The lowest BCUT2D eigenvalue weighted by Gasteiger charge is -2.41. The van der Waals surface area contributed by atoms with Gasteiger partial charge in [-0.2, -0.15) is 0 Å². The summed E-state index contributed by atoms with van der Waals surface area (Å²) in [6.07, 6.45) is 4.72. The summed E-state index contributed by atoms with van der Waals surface area (Å²) in [6, 6.07) is 4.97. The average molecular weight is 925 g/mol. The van der Waals surface area contributed by atoms with E-state index in [9.17, 15) is 43.5 Å². The molecular weight excluding hydrogens is 849 g/mol. The number of ether oxygens (including phenoxy) is 2. The molecule has 0 aromatic heterocycles. The Bertz CT molecular complexity index is 1840. The second kappa shape index (κ2) is 26.2. The van der Waals surface area contributed by atoms with Crippen LogP contribution in [0.1, 0.15) is 105 Å². The number of methoxy groups -OCH3 is 2. The third-order valence-corrected chi connectivity index (χ3v) is 13.3. The average Bonchev–Trinajstić information content (AvgIpc) is 3.89. The van der Waals surface area contributed by atoms with E-state index in [-0.39, 0.29) is 73.1 Å². The van der Waals surface area contributed by atoms with Crippen molar-refractivity contribution in [2.24, 2.45) is 23.7 Å². The number of hydrogen-bond donors (Lipinski definition) is 3. The standard InChI is InChI=1S/C49H76N6O11/c1-12-32(6)44(37(65-10)29-41(59)54-27-19-22-36(54)45(66-11)33(7)46(60)50-35(49(63)64)28-34-20-15-13-16-21-34)53(9)48(62)42(30(2)3)51-47(61)43(31(4)5)52(8)38(56)23-17-14-18-26-55-39(57)24-25-40(55)58/h13,15-16,20-21,24-25,30-33,35-37,42-45H,12,14,17-19,22-23,26-29H2,1-11H3,(H,50,60)(H,51,61)(H,63,64)/t32-,33-,35+,36+,37-,42+,43+,44+,45-/m1/s1. The van der Waals surface area contributed by atoms with Crippen LogP contribution in [0.25, 0.3) is 0 Å². The number of carboxylic acid groups (broad SMARTS) is 1. The van der Waals surface area contributed by atoms with Crippen molar-refractivity contribution in [3.05, 3.63) is 48.0 Å². The second-order valence-corrected chi connectivity index (χ2v) is 18.6. The first-order chi connectivity index (χ1) is 31.2. The van der Waals surface area contributed by atoms with E-state index in [2.05, 4.69) is 10.6 Å². The number of amides is 7. The van der Waals surface area contributed by atoms with E-state index >= 15 is 0 Å². The normalized spacial score (nSPS) is 18.7. The molecule has 2 heterocycles. The number of hydrogen-bond acceptors (Lipinski definition) is 10. The number of imide groups is 1. The van der Waals surface area contributed by atoms with Gasteiger partial charge in [0.1, 0.15) is 18.1 Å². The van der Waals surface area contributed by atoms with Crippen LogP contribution in [0, 0.1) is 23.7 Å². The summed E-state index contributed by atoms with van der Waals surface area (Å²) >= 11 is 0. The summed E-state index contributed by atoms with van der Waals surface area (Å²) in [5.74, 6) is -5.24. The maximum atomic E-state index is 14.6. The van der Waals surface area contributed by atoms with Crippen LogP contribution < -0.4 is 10.6 Å². The fraction of sp³-hybridized carbons (Fsp3) is 0.673. The van der Waals surface area contributed by atoms with Crippen molar-refractivity contribution in [1.29, 1.82) is 0 Å². The first kappa shape index (κ1) is 55.2. The number of likely N-dealkylation sites (tertiary alicyclic amines) is 1. The van der Waals surface area contributed by atoms with Crippen LogP contribution in [0.3, 0.4) is 0 Å². The first-order valence-electron chi connectivity index (χ1n) is 23.5. The number of likely N-dealkylation sites (N-methyl/N-ethyl adjacent to an activating group) is 2. The predicted molar refractivity (Wildman–Crippen MR) is 248 cm³/mol. The van der Waals surface area contributed by atoms with Gasteiger partial charge in [-0.15, -0.1) is 0 Å². The molecular formula is C49H76N6O11. The van der Waals surface area contributed by atoms with E-state index in [1.165, 1.54) is 36.2 Å². The minimum atomic E-state index is -1.16. The van der Waals surface area contributed by atoms with Crippen molar-refractivity contribution in [1.82, 2.24) is 30.2 Å². The summed E-state index contributed by atoms with van der Waals surface area (Å²) in [5.41, 5.74) is 0.762. The molecule has 17 heteroatoms. The van der Waals surface area contributed by atoms with Crippen molar-refractivity contribution >= 4 is 47.3 Å². The molecule has 0 unspecified atom stereocenters. The lowest BCUT2D eigenvalue weighted by atomic mass is 9.89. The molecule has 1 aromatic carbocycles. The second-order valence-electron chi connectivity index (χ2n) is 18.6. The van der Waals surface area contributed by atoms with Crippen LogP contribution >= 0.6 is 0 Å². The van der Waals surface area contributed by atoms with Crippen LogP contribution in [0.2, 0.25) is 0 Å². The molecule has 1 aromatic rings. The van der Waals surface area contributed by atoms with Gasteiger partial charge in [-0.25, -0.2) is 4.79 Å². The lowest BCUT2D eigenvalue weighted by molar-refractivity contribution is -0.149. The summed E-state index contributed by atoms with van der Waals surface area (Å²) in [7, 11) is 6.21. The molecule has 2 aliphatic heterocycles. The van der Waals surface area contributed by atoms with E-state index in [1.54, 1.807) is 55.1 Å². The van der Waals surface area contributed by atoms with Gasteiger partial charge in [-0.3, -0.25) is 38.5 Å². The summed E-state index contributed by atoms with van der Waals surface area (Å²) < 4.78 is 11.9. The zero-order valence-electron chi connectivity index (χ0n) is 41.0. The van der Waals surface area contributed by atoms with Crippen LogP contribution in [0.4, 0.5) is 0 Å². The number of carbonyl (C=O) groups is 8. The highest BCUT2D eigenvalue weighted by atomic mass is 16.5. The predicted octanol–water partition coefficient (Wildman–Crippen LogP) is 3.83. The number of nitrogens with zero attached hydrogens (tertiary/aromatic N) is 4. The number of benzene rings is 1. The Morgan fingerprint density at radius 1 is 0.833 bits per heavy atom. The molecule has 0 saturated carbocycles. The Labute approximate surface area is 391 Å². The van der Waals surface area contributed by atoms with E-state index in [0.717, 1.165) is 5.56 Å². The van der Waals surface area contributed by atoms with Crippen LogP contribution in [-0.2, 0) is 54.3 Å². The van der Waals surface area contributed by atoms with Crippen LogP contribution in [-0.4, -0.2) is 156 Å². The minimum absolute atomic E-state index is 0.0818. The maximum absolute atomic E-state index is 14.6. The molecule has 1 saturated heterocycles. The number of nitrogens with one attached hydrogen (secondary N) is 2. The van der Waals surface area contributed by atoms with Gasteiger partial charge in [0.2, 0.25) is 29.5 Å². The van der Waals surface area contributed by atoms with Gasteiger partial charge < -0.3 is 39.9 Å². The smallest absolute Gasteiger partial charge is 0.326 e. The summed E-state index contributed by atoms with van der Waals surface area (Å²) in [5, 5.41) is 15.6. The zero-order valence-corrected chi connectivity index (χ0v) is 41.0. The van der Waals surface area contributed by atoms with E-state index < -0.39 is 66.1 Å². The molecule has 1 fully saturated rings. The Hall–Kier alpha value is -5.16. The van der Waals surface area contributed by atoms with Gasteiger partial charge in [0.25, 0.3) is 11.8 Å². The molecule has 0 spiro atoms. The largest absolute Gasteiger partial charge is 0.480 e. The Balaban J connectivity index is 1.71. The van der Waals surface area contributed by atoms with E-state index in [1.807, 2.05) is 47.6 Å². The molecule has 3 N–H and O–H groups in total. The first-order valence-corrected chi connectivity index (χ1v) is 23.5. The fourth-order valence-electron chi connectivity index (χ4n) is 9.26. The minimum Gasteiger partial charge on any atom is -0.480 e. The quantitative estimate of drug-likeness (QED) is 0.0853. The van der Waals surface area contributed by atoms with Crippen molar-refractivity contribution in [2.75, 3.05) is 41.4 Å². The Kier molecular flexibility index (Phi) is 21.9. The van der Waals surface area contributed by atoms with Crippen molar-refractivity contribution in [3.8, 4) is 0 Å². The van der Waals surface area contributed by atoms with Crippen LogP contribution in [0.15, 0.2) is 42.5 Å². The molecule has 17 nitrogen and oxygen atoms in total. The van der Waals surface area contributed by atoms with Gasteiger partial charge >= 0.3 is 5.97 Å². The molecule has 66 heavy (non-hydrogen) atoms. The molecule has 9 atom stereocenters. The van der Waals surface area contributed by atoms with Crippen molar-refractivity contribution in [2.45, 2.75) is 149 Å². The molecule has 0 bridgehead atoms. The third kappa shape index (κ3) is 14.7. The van der Waals surface area contributed by atoms with Gasteiger partial charge in [-0.1, -0.05) is 91.6 Å². The van der Waals surface area contributed by atoms with Gasteiger partial charge in [-0.05, 0) is 49.0 Å². The zero-order chi connectivity index (χ0) is 49.4. The summed E-state index contributed by atoms with van der Waals surface area (Å²) in [4.78, 5) is 112. The molecule has 0 radical (unpaired) electrons. The Morgan fingerprint density at radius 2 is 1.47 bits per heavy atom. The number of carbonyl (C=O) groups excluding carboxylic acids is 7. The lowest BCUT2D eigenvalue weighted by Crippen LogP contribution is -2.60. The highest BCUT2D eigenvalue weighted by Crippen LogP contribution is 2.30. The number of unbranched alkanes of at least 4 members (excludes halogenated alkanes) is 2.